The monoisotopic (exact) mass is 471 g/mol. The minimum absolute atomic E-state index is 0.174. The van der Waals surface area contributed by atoms with Crippen LogP contribution >= 0.6 is 15.9 Å². The average molecular weight is 472 g/mol. The molecule has 7 nitrogen and oxygen atoms in total. The first-order chi connectivity index (χ1) is 14.7. The van der Waals surface area contributed by atoms with Crippen molar-refractivity contribution >= 4 is 32.7 Å². The Hall–Kier alpha value is -2.19. The molecule has 4 heterocycles. The number of anilines is 1. The molecule has 1 saturated heterocycles. The first-order valence-electron chi connectivity index (χ1n) is 10.6. The van der Waals surface area contributed by atoms with Crippen LogP contribution in [0.5, 0.6) is 5.88 Å². The topological polar surface area (TPSA) is 65.3 Å². The van der Waals surface area contributed by atoms with Crippen LogP contribution in [-0.4, -0.2) is 52.2 Å². The first kappa shape index (κ1) is 19.8. The summed E-state index contributed by atoms with van der Waals surface area (Å²) in [4.78, 5) is 11.8. The molecule has 2 aliphatic rings. The van der Waals surface area contributed by atoms with Crippen LogP contribution in [0.4, 0.5) is 5.82 Å². The predicted molar refractivity (Wildman–Crippen MR) is 119 cm³/mol. The van der Waals surface area contributed by atoms with Gasteiger partial charge in [-0.3, -0.25) is 9.67 Å². The van der Waals surface area contributed by atoms with E-state index in [1.54, 1.807) is 0 Å². The number of ether oxygens (including phenoxy) is 2. The second kappa shape index (κ2) is 8.51. The molecule has 0 N–H and O–H groups in total. The molecule has 5 rings (SSSR count). The highest BCUT2D eigenvalue weighted by molar-refractivity contribution is 9.10. The molecule has 30 heavy (non-hydrogen) atoms. The van der Waals surface area contributed by atoms with Crippen LogP contribution in [0, 0.1) is 0 Å². The lowest BCUT2D eigenvalue weighted by Gasteiger charge is -2.30. The number of nitrogens with zero attached hydrogens (tertiary/aromatic N) is 5. The SMILES string of the molecule is Cn1cc(C2CCC(Oc3nc(N4CCOCC4)cc4ncc(Br)cc34)CC2)cn1. The molecule has 1 saturated carbocycles. The summed E-state index contributed by atoms with van der Waals surface area (Å²) in [5.41, 5.74) is 2.25. The van der Waals surface area contributed by atoms with E-state index in [0.29, 0.717) is 11.8 Å². The molecule has 2 fully saturated rings. The summed E-state index contributed by atoms with van der Waals surface area (Å²) in [5.74, 6) is 2.17. The maximum atomic E-state index is 6.49. The van der Waals surface area contributed by atoms with Gasteiger partial charge in [0.15, 0.2) is 0 Å². The van der Waals surface area contributed by atoms with E-state index in [1.807, 2.05) is 24.1 Å². The summed E-state index contributed by atoms with van der Waals surface area (Å²) >= 11 is 3.54. The molecule has 0 spiro atoms. The van der Waals surface area contributed by atoms with E-state index in [1.165, 1.54) is 5.56 Å². The van der Waals surface area contributed by atoms with Gasteiger partial charge in [-0.05, 0) is 59.2 Å². The second-order valence-corrected chi connectivity index (χ2v) is 9.06. The maximum Gasteiger partial charge on any atom is 0.225 e. The zero-order valence-electron chi connectivity index (χ0n) is 17.1. The fourth-order valence-corrected chi connectivity index (χ4v) is 4.75. The zero-order valence-corrected chi connectivity index (χ0v) is 18.7. The van der Waals surface area contributed by atoms with E-state index in [4.69, 9.17) is 14.5 Å². The number of hydrogen-bond acceptors (Lipinski definition) is 6. The lowest BCUT2D eigenvalue weighted by atomic mass is 9.84. The van der Waals surface area contributed by atoms with Gasteiger partial charge in [0.05, 0.1) is 30.3 Å². The summed E-state index contributed by atoms with van der Waals surface area (Å²) in [7, 11) is 1.97. The standard InChI is InChI=1S/C22H26BrN5O2/c1-27-14-16(12-25-27)15-2-4-18(5-3-15)30-22-19-10-17(23)13-24-20(19)11-21(26-22)28-6-8-29-9-7-28/h10-15,18H,2-9H2,1H3. The predicted octanol–water partition coefficient (Wildman–Crippen LogP) is 4.07. The van der Waals surface area contributed by atoms with Gasteiger partial charge in [-0.1, -0.05) is 0 Å². The van der Waals surface area contributed by atoms with Crippen molar-refractivity contribution in [1.82, 2.24) is 19.7 Å². The third-order valence-corrected chi connectivity index (χ3v) is 6.51. The Morgan fingerprint density at radius 2 is 1.90 bits per heavy atom. The van der Waals surface area contributed by atoms with Gasteiger partial charge >= 0.3 is 0 Å². The molecule has 158 valence electrons. The van der Waals surface area contributed by atoms with Crippen molar-refractivity contribution in [2.24, 2.45) is 7.05 Å². The summed E-state index contributed by atoms with van der Waals surface area (Å²) in [6.45, 7) is 3.12. The van der Waals surface area contributed by atoms with Crippen molar-refractivity contribution in [3.63, 3.8) is 0 Å². The second-order valence-electron chi connectivity index (χ2n) is 8.14. The van der Waals surface area contributed by atoms with Gasteiger partial charge in [0.25, 0.3) is 0 Å². The number of fused-ring (bicyclic) bond motifs is 1. The van der Waals surface area contributed by atoms with Crippen LogP contribution in [0.15, 0.2) is 35.2 Å². The Bertz CT molecular complexity index is 1030. The third kappa shape index (κ3) is 4.16. The Morgan fingerprint density at radius 1 is 1.10 bits per heavy atom. The summed E-state index contributed by atoms with van der Waals surface area (Å²) in [5, 5.41) is 5.28. The Kier molecular flexibility index (Phi) is 5.60. The summed E-state index contributed by atoms with van der Waals surface area (Å²) < 4.78 is 14.8. The van der Waals surface area contributed by atoms with Crippen molar-refractivity contribution in [3.8, 4) is 5.88 Å². The Balaban J connectivity index is 1.37. The highest BCUT2D eigenvalue weighted by atomic mass is 79.9. The van der Waals surface area contributed by atoms with Gasteiger partial charge in [0, 0.05) is 43.1 Å². The van der Waals surface area contributed by atoms with E-state index in [-0.39, 0.29) is 6.10 Å². The zero-order chi connectivity index (χ0) is 20.5. The fraction of sp³-hybridized carbons (Fsp3) is 0.500. The highest BCUT2D eigenvalue weighted by Gasteiger charge is 2.26. The number of pyridine rings is 2. The molecule has 1 aliphatic carbocycles. The van der Waals surface area contributed by atoms with Crippen LogP contribution in [-0.2, 0) is 11.8 Å². The summed E-state index contributed by atoms with van der Waals surface area (Å²) in [6.07, 6.45) is 10.4. The van der Waals surface area contributed by atoms with Crippen molar-refractivity contribution in [2.75, 3.05) is 31.2 Å². The molecule has 0 aromatic carbocycles. The van der Waals surface area contributed by atoms with E-state index in [2.05, 4.69) is 49.2 Å². The van der Waals surface area contributed by atoms with Crippen LogP contribution in [0.3, 0.4) is 0 Å². The van der Waals surface area contributed by atoms with Crippen LogP contribution < -0.4 is 9.64 Å². The molecule has 3 aromatic rings. The number of morpholine rings is 1. The van der Waals surface area contributed by atoms with Crippen molar-refractivity contribution < 1.29 is 9.47 Å². The largest absolute Gasteiger partial charge is 0.474 e. The number of hydrogen-bond donors (Lipinski definition) is 0. The van der Waals surface area contributed by atoms with Gasteiger partial charge in [-0.15, -0.1) is 0 Å². The molecular formula is C22H26BrN5O2. The first-order valence-corrected chi connectivity index (χ1v) is 11.4. The minimum Gasteiger partial charge on any atom is -0.474 e. The van der Waals surface area contributed by atoms with Gasteiger partial charge in [0.2, 0.25) is 5.88 Å². The highest BCUT2D eigenvalue weighted by Crippen LogP contribution is 2.36. The molecule has 8 heteroatoms. The number of halogens is 1. The lowest BCUT2D eigenvalue weighted by Crippen LogP contribution is -2.36. The van der Waals surface area contributed by atoms with E-state index < -0.39 is 0 Å². The van der Waals surface area contributed by atoms with Gasteiger partial charge < -0.3 is 14.4 Å². The maximum absolute atomic E-state index is 6.49. The molecule has 0 radical (unpaired) electrons. The summed E-state index contributed by atoms with van der Waals surface area (Å²) in [6, 6.07) is 4.11. The van der Waals surface area contributed by atoms with Crippen LogP contribution in [0.1, 0.15) is 37.2 Å². The number of aromatic nitrogens is 4. The van der Waals surface area contributed by atoms with Crippen molar-refractivity contribution in [3.05, 3.63) is 40.8 Å². The molecule has 1 aliphatic heterocycles. The molecule has 0 amide bonds. The van der Waals surface area contributed by atoms with Crippen molar-refractivity contribution in [1.29, 1.82) is 0 Å². The lowest BCUT2D eigenvalue weighted by molar-refractivity contribution is 0.122. The molecular weight excluding hydrogens is 446 g/mol. The van der Waals surface area contributed by atoms with Gasteiger partial charge in [-0.25, -0.2) is 0 Å². The number of rotatable bonds is 4. The van der Waals surface area contributed by atoms with Crippen LogP contribution in [0.25, 0.3) is 10.9 Å². The normalized spacial score (nSPS) is 22.4. The Labute approximate surface area is 184 Å². The molecule has 0 bridgehead atoms. The van der Waals surface area contributed by atoms with Crippen LogP contribution in [0.2, 0.25) is 0 Å². The minimum atomic E-state index is 0.174. The molecule has 0 atom stereocenters. The molecule has 3 aromatic heterocycles. The fourth-order valence-electron chi connectivity index (χ4n) is 4.42. The van der Waals surface area contributed by atoms with Gasteiger partial charge in [0.1, 0.15) is 11.9 Å². The van der Waals surface area contributed by atoms with E-state index in [0.717, 1.165) is 73.2 Å². The van der Waals surface area contributed by atoms with Crippen molar-refractivity contribution in [2.45, 2.75) is 37.7 Å². The smallest absolute Gasteiger partial charge is 0.225 e. The van der Waals surface area contributed by atoms with Gasteiger partial charge in [-0.2, -0.15) is 10.1 Å². The number of aryl methyl sites for hydroxylation is 1. The Morgan fingerprint density at radius 3 is 2.63 bits per heavy atom. The third-order valence-electron chi connectivity index (χ3n) is 6.08. The van der Waals surface area contributed by atoms with E-state index >= 15 is 0 Å². The quantitative estimate of drug-likeness (QED) is 0.571. The molecule has 0 unspecified atom stereocenters. The van der Waals surface area contributed by atoms with E-state index in [9.17, 15) is 0 Å². The average Bonchev–Trinajstić information content (AvgIpc) is 3.21.